The van der Waals surface area contributed by atoms with Crippen LogP contribution in [0.4, 0.5) is 0 Å². The zero-order valence-electron chi connectivity index (χ0n) is 17.0. The Hall–Kier alpha value is -2.68. The molecule has 0 aromatic carbocycles. The van der Waals surface area contributed by atoms with Crippen molar-refractivity contribution in [1.82, 2.24) is 4.98 Å². The number of hydrogen-bond donors (Lipinski definition) is 0. The van der Waals surface area contributed by atoms with Crippen molar-refractivity contribution in [1.29, 1.82) is 0 Å². The third-order valence-electron chi connectivity index (χ3n) is 4.52. The fraction of sp³-hybridized carbons (Fsp3) is 0.333. The van der Waals surface area contributed by atoms with Crippen molar-refractivity contribution in [3.8, 4) is 0 Å². The first-order valence-electron chi connectivity index (χ1n) is 9.28. The molecule has 1 aromatic heterocycles. The lowest BCUT2D eigenvalue weighted by molar-refractivity contribution is 0.104. The summed E-state index contributed by atoms with van der Waals surface area (Å²) in [5, 5.41) is 0. The van der Waals surface area contributed by atoms with Gasteiger partial charge in [0.2, 0.25) is 5.78 Å². The van der Waals surface area contributed by atoms with Crippen LogP contribution in [0.5, 0.6) is 0 Å². The van der Waals surface area contributed by atoms with Gasteiger partial charge in [-0.05, 0) is 35.4 Å². The summed E-state index contributed by atoms with van der Waals surface area (Å²) in [5.41, 5.74) is 3.28. The summed E-state index contributed by atoms with van der Waals surface area (Å²) in [6, 6.07) is 3.79. The Balaban J connectivity index is 2.04. The summed E-state index contributed by atoms with van der Waals surface area (Å²) >= 11 is 0. The first-order chi connectivity index (χ1) is 12.6. The number of nitrogens with zero attached hydrogens (tertiary/aromatic N) is 1. The van der Waals surface area contributed by atoms with E-state index in [9.17, 15) is 4.79 Å². The summed E-state index contributed by atoms with van der Waals surface area (Å²) in [5.74, 6) is 1.86. The second kappa shape index (κ2) is 6.80. The van der Waals surface area contributed by atoms with Crippen molar-refractivity contribution in [3.63, 3.8) is 0 Å². The highest BCUT2D eigenvalue weighted by molar-refractivity contribution is 6.11. The van der Waals surface area contributed by atoms with Gasteiger partial charge in [0.25, 0.3) is 0 Å². The van der Waals surface area contributed by atoms with Crippen LogP contribution < -0.4 is 0 Å². The van der Waals surface area contributed by atoms with E-state index in [1.54, 1.807) is 12.3 Å². The Labute approximate surface area is 161 Å². The number of allylic oxidation sites excluding steroid dienone is 10. The van der Waals surface area contributed by atoms with E-state index in [1.165, 1.54) is 0 Å². The van der Waals surface area contributed by atoms with E-state index in [2.05, 4.69) is 64.8 Å². The number of carbonyl (C=O) groups is 1. The summed E-state index contributed by atoms with van der Waals surface area (Å²) in [7, 11) is 0. The molecule has 0 amide bonds. The topological polar surface area (TPSA) is 39.2 Å². The van der Waals surface area contributed by atoms with E-state index < -0.39 is 0 Å². The van der Waals surface area contributed by atoms with E-state index >= 15 is 0 Å². The van der Waals surface area contributed by atoms with Crippen LogP contribution in [0.1, 0.15) is 57.6 Å². The van der Waals surface area contributed by atoms with E-state index in [-0.39, 0.29) is 16.6 Å². The molecule has 0 radical (unpaired) electrons. The average Bonchev–Trinajstić information content (AvgIpc) is 2.60. The first-order valence-corrected chi connectivity index (χ1v) is 9.28. The van der Waals surface area contributed by atoms with E-state index in [0.717, 1.165) is 28.2 Å². The van der Waals surface area contributed by atoms with Gasteiger partial charge in [-0.3, -0.25) is 9.78 Å². The lowest BCUT2D eigenvalue weighted by Crippen LogP contribution is -2.21. The van der Waals surface area contributed by atoms with Crippen molar-refractivity contribution in [2.24, 2.45) is 10.8 Å². The van der Waals surface area contributed by atoms with Crippen molar-refractivity contribution >= 4 is 11.4 Å². The molecule has 2 heterocycles. The average molecular weight is 361 g/mol. The molecular formula is C24H27NO2. The van der Waals surface area contributed by atoms with Crippen LogP contribution in [0.3, 0.4) is 0 Å². The lowest BCUT2D eigenvalue weighted by Gasteiger charge is -2.32. The molecule has 0 fully saturated rings. The van der Waals surface area contributed by atoms with E-state index in [1.807, 2.05) is 24.3 Å². The molecule has 0 N–H and O–H groups in total. The Bertz CT molecular complexity index is 894. The molecule has 3 nitrogen and oxygen atoms in total. The van der Waals surface area contributed by atoms with Gasteiger partial charge in [-0.15, -0.1) is 0 Å². The van der Waals surface area contributed by atoms with Crippen molar-refractivity contribution < 1.29 is 9.53 Å². The number of fused-ring (bicyclic) bond motifs is 1. The minimum Gasteiger partial charge on any atom is -0.465 e. The summed E-state index contributed by atoms with van der Waals surface area (Å²) in [6.45, 7) is 12.9. The third kappa shape index (κ3) is 4.19. The van der Waals surface area contributed by atoms with Gasteiger partial charge in [-0.25, -0.2) is 0 Å². The number of hydrogen-bond acceptors (Lipinski definition) is 3. The number of rotatable bonds is 1. The molecule has 3 rings (SSSR count). The van der Waals surface area contributed by atoms with Crippen LogP contribution in [-0.4, -0.2) is 10.8 Å². The number of aromatic nitrogens is 1. The molecule has 1 aliphatic heterocycles. The second-order valence-corrected chi connectivity index (χ2v) is 9.01. The smallest absolute Gasteiger partial charge is 0.204 e. The Kier molecular flexibility index (Phi) is 4.81. The minimum atomic E-state index is -0.0787. The monoisotopic (exact) mass is 361 g/mol. The first kappa shape index (κ1) is 19.1. The van der Waals surface area contributed by atoms with Crippen LogP contribution >= 0.6 is 0 Å². The molecule has 27 heavy (non-hydrogen) atoms. The van der Waals surface area contributed by atoms with Crippen LogP contribution in [0.15, 0.2) is 71.9 Å². The molecule has 0 bridgehead atoms. The fourth-order valence-corrected chi connectivity index (χ4v) is 2.86. The van der Waals surface area contributed by atoms with E-state index in [0.29, 0.717) is 5.69 Å². The predicted octanol–water partition coefficient (Wildman–Crippen LogP) is 6.03. The van der Waals surface area contributed by atoms with Gasteiger partial charge in [0.1, 0.15) is 17.2 Å². The second-order valence-electron chi connectivity index (χ2n) is 9.01. The zero-order chi connectivity index (χ0) is 19.8. The molecule has 1 aromatic rings. The summed E-state index contributed by atoms with van der Waals surface area (Å²) < 4.78 is 6.20. The van der Waals surface area contributed by atoms with Gasteiger partial charge in [-0.2, -0.15) is 0 Å². The zero-order valence-corrected chi connectivity index (χ0v) is 17.0. The van der Waals surface area contributed by atoms with Crippen LogP contribution in [0, 0.1) is 10.8 Å². The van der Waals surface area contributed by atoms with Crippen LogP contribution in [-0.2, 0) is 4.74 Å². The number of ether oxygens (including phenoxy) is 1. The molecule has 140 valence electrons. The van der Waals surface area contributed by atoms with Crippen LogP contribution in [0.25, 0.3) is 5.57 Å². The molecule has 0 saturated heterocycles. The highest BCUT2D eigenvalue weighted by Gasteiger charge is 2.28. The largest absolute Gasteiger partial charge is 0.465 e. The molecule has 2 aliphatic rings. The predicted molar refractivity (Wildman–Crippen MR) is 110 cm³/mol. The summed E-state index contributed by atoms with van der Waals surface area (Å²) in [6.07, 6.45) is 13.4. The molecule has 1 aliphatic carbocycles. The fourth-order valence-electron chi connectivity index (χ4n) is 2.86. The molecule has 0 saturated carbocycles. The highest BCUT2D eigenvalue weighted by atomic mass is 16.5. The highest BCUT2D eigenvalue weighted by Crippen LogP contribution is 2.39. The molecule has 0 unspecified atom stereocenters. The molecular weight excluding hydrogens is 334 g/mol. The Morgan fingerprint density at radius 2 is 1.56 bits per heavy atom. The molecule has 0 spiro atoms. The summed E-state index contributed by atoms with van der Waals surface area (Å²) in [4.78, 5) is 16.2. The third-order valence-corrected chi connectivity index (χ3v) is 4.52. The van der Waals surface area contributed by atoms with E-state index in [4.69, 9.17) is 4.74 Å². The van der Waals surface area contributed by atoms with Crippen molar-refractivity contribution in [2.45, 2.75) is 41.5 Å². The minimum absolute atomic E-state index is 0.0497. The van der Waals surface area contributed by atoms with Gasteiger partial charge < -0.3 is 4.74 Å². The number of ketones is 1. The Morgan fingerprint density at radius 1 is 0.926 bits per heavy atom. The maximum Gasteiger partial charge on any atom is 0.204 e. The molecule has 0 atom stereocenters. The number of pyridine rings is 1. The van der Waals surface area contributed by atoms with Gasteiger partial charge in [0.05, 0.1) is 0 Å². The van der Waals surface area contributed by atoms with Gasteiger partial charge in [0.15, 0.2) is 0 Å². The normalized spacial score (nSPS) is 18.7. The van der Waals surface area contributed by atoms with Crippen molar-refractivity contribution in [2.75, 3.05) is 0 Å². The van der Waals surface area contributed by atoms with Crippen molar-refractivity contribution in [3.05, 3.63) is 83.1 Å². The molecule has 3 heteroatoms. The quantitative estimate of drug-likeness (QED) is 0.612. The SMILES string of the molecule is CC(C)(C)C1=CC(=C/C=C2/C=CC(=O)c3ncccc32)C=C(C(C)(C)C)O1. The van der Waals surface area contributed by atoms with Gasteiger partial charge in [0, 0.05) is 22.6 Å². The lowest BCUT2D eigenvalue weighted by atomic mass is 9.87. The number of carbonyl (C=O) groups excluding carboxylic acids is 1. The standard InChI is InChI=1S/C24H27NO2/c1-23(2,3)20-14-16(15-21(27-20)24(4,5)6)9-10-17-11-12-19(26)22-18(17)8-7-13-25-22/h7-15H,1-6H3/b17-10-. The van der Waals surface area contributed by atoms with Gasteiger partial charge >= 0.3 is 0 Å². The van der Waals surface area contributed by atoms with Crippen LogP contribution in [0.2, 0.25) is 0 Å². The maximum absolute atomic E-state index is 12.0. The van der Waals surface area contributed by atoms with Gasteiger partial charge in [-0.1, -0.05) is 65.8 Å². The maximum atomic E-state index is 12.0. The Morgan fingerprint density at radius 3 is 2.15 bits per heavy atom.